The number of hydrogen-bond acceptors (Lipinski definition) is 6. The van der Waals surface area contributed by atoms with Gasteiger partial charge in [0.1, 0.15) is 0 Å². The molecule has 1 aromatic heterocycles. The summed E-state index contributed by atoms with van der Waals surface area (Å²) in [6.45, 7) is 3.79. The molecule has 0 atom stereocenters. The third kappa shape index (κ3) is 3.80. The number of sulfonamides is 1. The van der Waals surface area contributed by atoms with Gasteiger partial charge in [0.05, 0.1) is 31.8 Å². The number of aromatic nitrogens is 1. The highest BCUT2D eigenvalue weighted by atomic mass is 32.3. The number of nitrogens with zero attached hydrogens (tertiary/aromatic N) is 3. The molecule has 0 radical (unpaired) electrons. The highest BCUT2D eigenvalue weighted by molar-refractivity contribution is 8.03. The van der Waals surface area contributed by atoms with E-state index in [1.54, 1.807) is 19.1 Å². The lowest BCUT2D eigenvalue weighted by molar-refractivity contribution is 0.0738. The average molecular weight is 397 g/mol. The van der Waals surface area contributed by atoms with Crippen LogP contribution in [-0.4, -0.2) is 53.0 Å². The van der Waals surface area contributed by atoms with Gasteiger partial charge < -0.3 is 9.32 Å². The van der Waals surface area contributed by atoms with Crippen molar-refractivity contribution < 1.29 is 21.8 Å². The molecule has 0 bridgehead atoms. The van der Waals surface area contributed by atoms with E-state index in [2.05, 4.69) is 8.75 Å². The molecule has 2 heterocycles. The lowest BCUT2D eigenvalue weighted by Crippen LogP contribution is -2.44. The first-order valence-corrected chi connectivity index (χ1v) is 11.2. The number of carbonyl (C=O) groups is 1. The molecule has 1 aromatic carbocycles. The van der Waals surface area contributed by atoms with Crippen molar-refractivity contribution in [2.75, 3.05) is 24.6 Å². The number of benzene rings is 1. The summed E-state index contributed by atoms with van der Waals surface area (Å²) in [5.74, 6) is -0.209. The number of hydrogen-bond donors (Lipinski definition) is 0. The molecule has 26 heavy (non-hydrogen) atoms. The van der Waals surface area contributed by atoms with Gasteiger partial charge in [0, 0.05) is 13.1 Å². The Morgan fingerprint density at radius 1 is 1.19 bits per heavy atom. The van der Waals surface area contributed by atoms with Crippen LogP contribution in [0.2, 0.25) is 0 Å². The molecule has 1 aliphatic heterocycles. The Bertz CT molecular complexity index is 1030. The standard InChI is InChI=1S/C16H19N3O5S2/c1-12-3-5-14(6-4-12)26(22,23)18-25(21)9-7-19(8-10-25)16(20)15-13(2)17-11-24-15/h3-6,11H,7-10H2,1-2H3. The topological polar surface area (TPSA) is 110 Å². The van der Waals surface area contributed by atoms with E-state index in [1.807, 2.05) is 6.92 Å². The molecule has 0 N–H and O–H groups in total. The quantitative estimate of drug-likeness (QED) is 0.778. The van der Waals surface area contributed by atoms with Gasteiger partial charge in [-0.25, -0.2) is 9.19 Å². The first-order chi connectivity index (χ1) is 12.2. The van der Waals surface area contributed by atoms with Gasteiger partial charge in [-0.15, -0.1) is 3.77 Å². The fourth-order valence-corrected chi connectivity index (χ4v) is 6.65. The molecule has 1 aliphatic rings. The minimum atomic E-state index is -4.01. The van der Waals surface area contributed by atoms with E-state index in [9.17, 15) is 17.4 Å². The van der Waals surface area contributed by atoms with Crippen LogP contribution in [-0.2, 0) is 19.8 Å². The maximum atomic E-state index is 12.9. The molecule has 1 amide bonds. The van der Waals surface area contributed by atoms with Crippen LogP contribution in [0.3, 0.4) is 0 Å². The predicted octanol–water partition coefficient (Wildman–Crippen LogP) is 1.60. The van der Waals surface area contributed by atoms with Crippen molar-refractivity contribution in [1.29, 1.82) is 0 Å². The molecule has 0 saturated carbocycles. The van der Waals surface area contributed by atoms with Gasteiger partial charge in [-0.05, 0) is 26.0 Å². The van der Waals surface area contributed by atoms with Gasteiger partial charge in [-0.2, -0.15) is 8.42 Å². The third-order valence-electron chi connectivity index (χ3n) is 4.14. The van der Waals surface area contributed by atoms with Crippen LogP contribution in [0.25, 0.3) is 0 Å². The molecule has 1 fully saturated rings. The van der Waals surface area contributed by atoms with Crippen molar-refractivity contribution in [2.24, 2.45) is 3.77 Å². The minimum absolute atomic E-state index is 0.00296. The van der Waals surface area contributed by atoms with Gasteiger partial charge in [0.15, 0.2) is 6.39 Å². The fourth-order valence-electron chi connectivity index (χ4n) is 2.58. The second-order valence-electron chi connectivity index (χ2n) is 6.10. The highest BCUT2D eigenvalue weighted by Gasteiger charge is 2.29. The average Bonchev–Trinajstić information content (AvgIpc) is 3.00. The van der Waals surface area contributed by atoms with E-state index in [0.717, 1.165) is 5.56 Å². The van der Waals surface area contributed by atoms with Crippen molar-refractivity contribution >= 4 is 25.7 Å². The largest absolute Gasteiger partial charge is 0.438 e. The summed E-state index contributed by atoms with van der Waals surface area (Å²) in [5.41, 5.74) is 1.40. The van der Waals surface area contributed by atoms with Crippen LogP contribution in [0.5, 0.6) is 0 Å². The number of aryl methyl sites for hydroxylation is 2. The van der Waals surface area contributed by atoms with E-state index in [4.69, 9.17) is 4.42 Å². The van der Waals surface area contributed by atoms with Crippen LogP contribution in [0.15, 0.2) is 43.7 Å². The van der Waals surface area contributed by atoms with Gasteiger partial charge in [0.25, 0.3) is 15.9 Å². The number of rotatable bonds is 3. The lowest BCUT2D eigenvalue weighted by atomic mass is 10.2. The van der Waals surface area contributed by atoms with Crippen molar-refractivity contribution in [3.8, 4) is 0 Å². The first kappa shape index (κ1) is 18.6. The van der Waals surface area contributed by atoms with Crippen LogP contribution in [0.1, 0.15) is 21.8 Å². The van der Waals surface area contributed by atoms with E-state index in [0.29, 0.717) is 5.69 Å². The SMILES string of the molecule is Cc1ccc(S(=O)(=O)N=S2(=O)CCN(C(=O)c3ocnc3C)CC2)cc1. The van der Waals surface area contributed by atoms with Crippen LogP contribution >= 0.6 is 0 Å². The number of carbonyl (C=O) groups excluding carboxylic acids is 1. The molecular formula is C16H19N3O5S2. The maximum absolute atomic E-state index is 12.9. The second-order valence-corrected chi connectivity index (χ2v) is 10.5. The van der Waals surface area contributed by atoms with Crippen molar-refractivity contribution in [2.45, 2.75) is 18.7 Å². The summed E-state index contributed by atoms with van der Waals surface area (Å²) in [5, 5.41) is 0. The molecule has 0 unspecified atom stereocenters. The lowest BCUT2D eigenvalue weighted by Gasteiger charge is -2.27. The van der Waals surface area contributed by atoms with Crippen molar-refractivity contribution in [1.82, 2.24) is 9.88 Å². The molecular weight excluding hydrogens is 378 g/mol. The molecule has 10 heteroatoms. The van der Waals surface area contributed by atoms with Crippen LogP contribution < -0.4 is 0 Å². The second kappa shape index (κ2) is 6.84. The monoisotopic (exact) mass is 397 g/mol. The zero-order valence-electron chi connectivity index (χ0n) is 14.4. The Labute approximate surface area is 152 Å². The number of oxazole rings is 1. The Hall–Kier alpha value is -2.20. The fraction of sp³-hybridized carbons (Fsp3) is 0.375. The Morgan fingerprint density at radius 2 is 1.81 bits per heavy atom. The summed E-state index contributed by atoms with van der Waals surface area (Å²) < 4.78 is 46.5. The van der Waals surface area contributed by atoms with E-state index in [1.165, 1.54) is 23.4 Å². The van der Waals surface area contributed by atoms with Crippen molar-refractivity contribution in [3.63, 3.8) is 0 Å². The molecule has 8 nitrogen and oxygen atoms in total. The van der Waals surface area contributed by atoms with E-state index < -0.39 is 19.8 Å². The molecule has 0 spiro atoms. The summed E-state index contributed by atoms with van der Waals surface area (Å²) in [7, 11) is -6.96. The van der Waals surface area contributed by atoms with Crippen LogP contribution in [0, 0.1) is 13.8 Å². The maximum Gasteiger partial charge on any atom is 0.291 e. The van der Waals surface area contributed by atoms with Crippen molar-refractivity contribution in [3.05, 3.63) is 47.7 Å². The summed E-state index contributed by atoms with van der Waals surface area (Å²) >= 11 is 0. The predicted molar refractivity (Wildman–Crippen MR) is 95.8 cm³/mol. The third-order valence-corrected chi connectivity index (χ3v) is 8.52. The van der Waals surface area contributed by atoms with E-state index >= 15 is 0 Å². The zero-order chi connectivity index (χ0) is 18.9. The molecule has 0 aliphatic carbocycles. The van der Waals surface area contributed by atoms with E-state index in [-0.39, 0.29) is 41.2 Å². The van der Waals surface area contributed by atoms with Gasteiger partial charge in [-0.1, -0.05) is 17.7 Å². The van der Waals surface area contributed by atoms with Gasteiger partial charge in [0.2, 0.25) is 5.76 Å². The summed E-state index contributed by atoms with van der Waals surface area (Å²) in [6.07, 6.45) is 1.19. The summed E-state index contributed by atoms with van der Waals surface area (Å²) in [4.78, 5) is 17.8. The first-order valence-electron chi connectivity index (χ1n) is 7.95. The normalized spacial score (nSPS) is 17.1. The Balaban J connectivity index is 1.78. The Morgan fingerprint density at radius 3 is 2.35 bits per heavy atom. The molecule has 140 valence electrons. The molecule has 2 aromatic rings. The van der Waals surface area contributed by atoms with Gasteiger partial charge >= 0.3 is 0 Å². The number of amides is 1. The Kier molecular flexibility index (Phi) is 4.89. The summed E-state index contributed by atoms with van der Waals surface area (Å²) in [6, 6.07) is 6.22. The minimum Gasteiger partial charge on any atom is -0.438 e. The highest BCUT2D eigenvalue weighted by Crippen LogP contribution is 2.19. The molecule has 1 saturated heterocycles. The van der Waals surface area contributed by atoms with Crippen LogP contribution in [0.4, 0.5) is 0 Å². The smallest absolute Gasteiger partial charge is 0.291 e. The van der Waals surface area contributed by atoms with Gasteiger partial charge in [-0.3, -0.25) is 4.79 Å². The zero-order valence-corrected chi connectivity index (χ0v) is 16.0. The molecule has 3 rings (SSSR count).